The van der Waals surface area contributed by atoms with Crippen molar-refractivity contribution in [3.05, 3.63) is 64.8 Å². The highest BCUT2D eigenvalue weighted by atomic mass is 19.4. The number of halogens is 3. The fraction of sp³-hybridized carbons (Fsp3) is 0.400. The lowest BCUT2D eigenvalue weighted by molar-refractivity contribution is -0.191. The molecule has 1 aliphatic heterocycles. The Kier molecular flexibility index (Phi) is 6.86. The van der Waals surface area contributed by atoms with Crippen LogP contribution in [0.1, 0.15) is 45.9 Å². The summed E-state index contributed by atoms with van der Waals surface area (Å²) in [5.41, 5.74) is 4.06. The number of nitrogens with zero attached hydrogens (tertiary/aromatic N) is 1. The number of alkyl halides is 3. The molecule has 0 unspecified atom stereocenters. The van der Waals surface area contributed by atoms with E-state index in [4.69, 9.17) is 9.47 Å². The van der Waals surface area contributed by atoms with Gasteiger partial charge in [0, 0.05) is 41.8 Å². The first-order valence-corrected chi connectivity index (χ1v) is 11.1. The van der Waals surface area contributed by atoms with E-state index in [0.29, 0.717) is 25.9 Å². The van der Waals surface area contributed by atoms with Crippen LogP contribution in [0.4, 0.5) is 13.2 Å². The second-order valence-electron chi connectivity index (χ2n) is 8.63. The summed E-state index contributed by atoms with van der Waals surface area (Å²) in [7, 11) is 1.62. The number of hydrogen-bond acceptors (Lipinski definition) is 4. The zero-order chi connectivity index (χ0) is 24.5. The van der Waals surface area contributed by atoms with Crippen LogP contribution in [0.25, 0.3) is 10.9 Å². The number of carbonyl (C=O) groups is 1. The molecule has 6 nitrogen and oxygen atoms in total. The van der Waals surface area contributed by atoms with Gasteiger partial charge in [0.15, 0.2) is 0 Å². The number of aromatic amines is 1. The van der Waals surface area contributed by atoms with E-state index in [1.165, 1.54) is 12.1 Å². The molecule has 182 valence electrons. The number of aryl methyl sites for hydroxylation is 1. The SMILES string of the molecule is COc1cc(C)c2[nH]ccc2c1CN1CC[C@@H](OCC(F)(F)F)C[C@H]1c1ccc(C(=O)O)cc1. The van der Waals surface area contributed by atoms with E-state index < -0.39 is 24.9 Å². The van der Waals surface area contributed by atoms with Crippen molar-refractivity contribution in [3.63, 3.8) is 0 Å². The third-order valence-electron chi connectivity index (χ3n) is 6.38. The third-order valence-corrected chi connectivity index (χ3v) is 6.38. The minimum absolute atomic E-state index is 0.158. The van der Waals surface area contributed by atoms with Gasteiger partial charge in [-0.2, -0.15) is 13.2 Å². The standard InChI is InChI=1S/C25H27F3N2O4/c1-15-11-22(33-2)20(19-7-9-29-23(15)19)13-30-10-8-18(34-14-25(26,27)28)12-21(30)16-3-5-17(6-4-16)24(31)32/h3-7,9,11,18,21,29H,8,10,12-14H2,1-2H3,(H,31,32)/t18-,21+/m1/s1. The van der Waals surface area contributed by atoms with Crippen LogP contribution in [0, 0.1) is 6.92 Å². The van der Waals surface area contributed by atoms with Crippen molar-refractivity contribution >= 4 is 16.9 Å². The number of benzene rings is 2. The number of ether oxygens (including phenoxy) is 2. The highest BCUT2D eigenvalue weighted by molar-refractivity contribution is 5.88. The van der Waals surface area contributed by atoms with E-state index in [-0.39, 0.29) is 11.6 Å². The summed E-state index contributed by atoms with van der Waals surface area (Å²) in [4.78, 5) is 16.7. The molecule has 0 spiro atoms. The van der Waals surface area contributed by atoms with Gasteiger partial charge in [-0.25, -0.2) is 4.79 Å². The molecule has 3 aromatic rings. The maximum absolute atomic E-state index is 12.7. The summed E-state index contributed by atoms with van der Waals surface area (Å²) in [5, 5.41) is 10.3. The number of aromatic nitrogens is 1. The first kappa shape index (κ1) is 24.1. The monoisotopic (exact) mass is 476 g/mol. The molecule has 2 atom stereocenters. The molecule has 0 amide bonds. The van der Waals surface area contributed by atoms with Crippen LogP contribution in [-0.4, -0.2) is 53.5 Å². The zero-order valence-electron chi connectivity index (χ0n) is 19.0. The smallest absolute Gasteiger partial charge is 0.411 e. The van der Waals surface area contributed by atoms with E-state index in [9.17, 15) is 23.1 Å². The van der Waals surface area contributed by atoms with Crippen molar-refractivity contribution in [3.8, 4) is 5.75 Å². The van der Waals surface area contributed by atoms with Crippen LogP contribution in [0.15, 0.2) is 42.6 Å². The molecule has 2 heterocycles. The van der Waals surface area contributed by atoms with E-state index in [1.54, 1.807) is 19.2 Å². The van der Waals surface area contributed by atoms with Gasteiger partial charge in [0.1, 0.15) is 12.4 Å². The van der Waals surface area contributed by atoms with Crippen molar-refractivity contribution < 1.29 is 32.5 Å². The molecule has 2 aromatic carbocycles. The fourth-order valence-electron chi connectivity index (χ4n) is 4.71. The van der Waals surface area contributed by atoms with E-state index in [1.807, 2.05) is 25.3 Å². The predicted molar refractivity (Wildman–Crippen MR) is 121 cm³/mol. The lowest BCUT2D eigenvalue weighted by atomic mass is 9.91. The number of methoxy groups -OCH3 is 1. The van der Waals surface area contributed by atoms with Crippen LogP contribution in [-0.2, 0) is 11.3 Å². The Morgan fingerprint density at radius 3 is 2.62 bits per heavy atom. The van der Waals surface area contributed by atoms with E-state index >= 15 is 0 Å². The Balaban J connectivity index is 1.65. The summed E-state index contributed by atoms with van der Waals surface area (Å²) in [6, 6.07) is 10.2. The topological polar surface area (TPSA) is 74.8 Å². The summed E-state index contributed by atoms with van der Waals surface area (Å²) in [6.07, 6.45) is -2.23. The Morgan fingerprint density at radius 2 is 1.97 bits per heavy atom. The van der Waals surface area contributed by atoms with Crippen molar-refractivity contribution in [1.82, 2.24) is 9.88 Å². The molecule has 1 aliphatic rings. The van der Waals surface area contributed by atoms with Crippen LogP contribution in [0.3, 0.4) is 0 Å². The number of carboxylic acids is 1. The highest BCUT2D eigenvalue weighted by Crippen LogP contribution is 2.38. The van der Waals surface area contributed by atoms with Crippen molar-refractivity contribution in [1.29, 1.82) is 0 Å². The molecule has 0 radical (unpaired) electrons. The molecule has 2 N–H and O–H groups in total. The van der Waals surface area contributed by atoms with Gasteiger partial charge in [0.05, 0.1) is 18.8 Å². The molecule has 1 aromatic heterocycles. The van der Waals surface area contributed by atoms with Crippen molar-refractivity contribution in [2.75, 3.05) is 20.3 Å². The normalized spacial score (nSPS) is 19.4. The summed E-state index contributed by atoms with van der Waals surface area (Å²) < 4.78 is 49.1. The first-order valence-electron chi connectivity index (χ1n) is 11.1. The maximum Gasteiger partial charge on any atom is 0.411 e. The summed E-state index contributed by atoms with van der Waals surface area (Å²) in [5.74, 6) is -0.280. The zero-order valence-corrected chi connectivity index (χ0v) is 19.0. The molecule has 0 bridgehead atoms. The number of H-pyrrole nitrogens is 1. The van der Waals surface area contributed by atoms with Gasteiger partial charge in [-0.05, 0) is 55.2 Å². The second kappa shape index (κ2) is 9.68. The summed E-state index contributed by atoms with van der Waals surface area (Å²) >= 11 is 0. The van der Waals surface area contributed by atoms with Crippen LogP contribution in [0.5, 0.6) is 5.75 Å². The first-order chi connectivity index (χ1) is 16.2. The molecule has 1 fully saturated rings. The van der Waals surface area contributed by atoms with Gasteiger partial charge in [0.2, 0.25) is 0 Å². The Hall–Kier alpha value is -3.04. The number of nitrogens with one attached hydrogen (secondary N) is 1. The maximum atomic E-state index is 12.7. The third kappa shape index (κ3) is 5.20. The van der Waals surface area contributed by atoms with Crippen molar-refractivity contribution in [2.45, 2.75) is 44.6 Å². The van der Waals surface area contributed by atoms with Crippen LogP contribution in [0.2, 0.25) is 0 Å². The molecule has 1 saturated heterocycles. The van der Waals surface area contributed by atoms with Crippen LogP contribution >= 0.6 is 0 Å². The highest BCUT2D eigenvalue weighted by Gasteiger charge is 2.35. The second-order valence-corrected chi connectivity index (χ2v) is 8.63. The van der Waals surface area contributed by atoms with Gasteiger partial charge < -0.3 is 19.6 Å². The number of likely N-dealkylation sites (tertiary alicyclic amines) is 1. The quantitative estimate of drug-likeness (QED) is 0.473. The number of rotatable bonds is 7. The largest absolute Gasteiger partial charge is 0.496 e. The number of hydrogen-bond donors (Lipinski definition) is 2. The predicted octanol–water partition coefficient (Wildman–Crippen LogP) is 5.47. The Morgan fingerprint density at radius 1 is 1.24 bits per heavy atom. The number of fused-ring (bicyclic) bond motifs is 1. The van der Waals surface area contributed by atoms with Gasteiger partial charge in [-0.3, -0.25) is 4.90 Å². The molecular formula is C25H27F3N2O4. The Bertz CT molecular complexity index is 1160. The van der Waals surface area contributed by atoms with Crippen molar-refractivity contribution in [2.24, 2.45) is 0 Å². The lowest BCUT2D eigenvalue weighted by Crippen LogP contribution is -2.40. The van der Waals surface area contributed by atoms with Gasteiger partial charge >= 0.3 is 12.1 Å². The number of piperidine rings is 1. The molecule has 34 heavy (non-hydrogen) atoms. The molecule has 0 saturated carbocycles. The van der Waals surface area contributed by atoms with Gasteiger partial charge in [0.25, 0.3) is 0 Å². The van der Waals surface area contributed by atoms with E-state index in [2.05, 4.69) is 9.88 Å². The molecule has 0 aliphatic carbocycles. The number of carboxylic acid groups (broad SMARTS) is 1. The average Bonchev–Trinajstić information content (AvgIpc) is 3.30. The molecule has 9 heteroatoms. The minimum Gasteiger partial charge on any atom is -0.496 e. The van der Waals surface area contributed by atoms with E-state index in [0.717, 1.165) is 33.3 Å². The average molecular weight is 476 g/mol. The van der Waals surface area contributed by atoms with Gasteiger partial charge in [-0.1, -0.05) is 12.1 Å². The fourth-order valence-corrected chi connectivity index (χ4v) is 4.71. The molecule has 4 rings (SSSR count). The van der Waals surface area contributed by atoms with Gasteiger partial charge in [-0.15, -0.1) is 0 Å². The number of aromatic carboxylic acids is 1. The van der Waals surface area contributed by atoms with Crippen LogP contribution < -0.4 is 4.74 Å². The minimum atomic E-state index is -4.38. The summed E-state index contributed by atoms with van der Waals surface area (Å²) in [6.45, 7) is 1.77. The lowest BCUT2D eigenvalue weighted by Gasteiger charge is -2.40. The Labute approximate surface area is 195 Å². The molecular weight excluding hydrogens is 449 g/mol.